The molecule has 0 aromatic rings. The molecule has 0 unspecified atom stereocenters. The van der Waals surface area contributed by atoms with Crippen LogP contribution in [0, 0.1) is 0 Å². The van der Waals surface area contributed by atoms with Crippen LogP contribution < -0.4 is 0 Å². The summed E-state index contributed by atoms with van der Waals surface area (Å²) in [4.78, 5) is 0. The van der Waals surface area contributed by atoms with Crippen LogP contribution in [0.25, 0.3) is 0 Å². The summed E-state index contributed by atoms with van der Waals surface area (Å²) >= 11 is -3.29. The van der Waals surface area contributed by atoms with Crippen LogP contribution in [0.5, 0.6) is 0 Å². The van der Waals surface area contributed by atoms with E-state index in [1.807, 2.05) is 0 Å². The van der Waals surface area contributed by atoms with Crippen molar-refractivity contribution in [1.29, 1.82) is 0 Å². The number of hydrogen-bond acceptors (Lipinski definition) is 2. The fourth-order valence-electron chi connectivity index (χ4n) is 0. The molecule has 0 rings (SSSR count). The van der Waals surface area contributed by atoms with Crippen molar-refractivity contribution in [3.05, 3.63) is 0 Å². The van der Waals surface area contributed by atoms with E-state index in [0.717, 1.165) is 7.11 Å². The van der Waals surface area contributed by atoms with E-state index in [4.69, 9.17) is 17.3 Å². The van der Waals surface area contributed by atoms with Crippen LogP contribution in [0.1, 0.15) is 0 Å². The molecule has 0 aromatic carbocycles. The van der Waals surface area contributed by atoms with Crippen molar-refractivity contribution in [2.75, 3.05) is 7.11 Å². The molecule has 0 spiro atoms. The van der Waals surface area contributed by atoms with Crippen LogP contribution in [0.15, 0.2) is 0 Å². The van der Waals surface area contributed by atoms with Crippen molar-refractivity contribution in [1.82, 2.24) is 0 Å². The van der Waals surface area contributed by atoms with Crippen molar-refractivity contribution in [2.24, 2.45) is 0 Å². The van der Waals surface area contributed by atoms with Gasteiger partial charge in [0.15, 0.2) is 0 Å². The second-order valence-electron chi connectivity index (χ2n) is 0.231. The van der Waals surface area contributed by atoms with E-state index in [0.29, 0.717) is 0 Å². The number of aliphatic hydroxyl groups is 1. The maximum atomic E-state index is 8.76. The Morgan fingerprint density at radius 3 is 1.29 bits per heavy atom. The molecule has 4 nitrogen and oxygen atoms in total. The molecule has 0 radical (unpaired) electrons. The second kappa shape index (κ2) is 15.7. The first kappa shape index (κ1) is 15.7. The maximum absolute atomic E-state index is 8.76. The van der Waals surface area contributed by atoms with Crippen LogP contribution >= 0.6 is 0 Å². The van der Waals surface area contributed by atoms with Crippen LogP contribution in [-0.2, 0) is 3.83 Å². The van der Waals surface area contributed by atoms with Gasteiger partial charge in [-0.1, -0.05) is 0 Å². The minimum atomic E-state index is -3.29. The molecule has 3 N–H and O–H groups in total. The molecule has 7 heavy (non-hydrogen) atoms. The molecule has 0 saturated heterocycles. The van der Waals surface area contributed by atoms with Gasteiger partial charge in [-0.2, -0.15) is 0 Å². The Morgan fingerprint density at radius 1 is 1.29 bits per heavy atom. The van der Waals surface area contributed by atoms with Crippen LogP contribution in [0.4, 0.5) is 0 Å². The summed E-state index contributed by atoms with van der Waals surface area (Å²) in [6, 6.07) is 0. The fraction of sp³-hybridized carbons (Fsp3) is 1.00. The number of hydrogen-bond donors (Lipinski definition) is 3. The standard InChI is InChI=1S/CH4O.Na.H2O3Se.H/c1-2;;1-4(2)3;/h2H,1H3;;(H2,1,2,3);. The summed E-state index contributed by atoms with van der Waals surface area (Å²) in [5.74, 6) is 0. The number of aliphatic hydroxyl groups excluding tert-OH is 1. The predicted molar refractivity (Wildman–Crippen MR) is 26.2 cm³/mol. The van der Waals surface area contributed by atoms with Gasteiger partial charge >= 0.3 is 56.3 Å². The van der Waals surface area contributed by atoms with Gasteiger partial charge in [0.25, 0.3) is 0 Å². The molecular weight excluding hydrogens is 178 g/mol. The molecule has 0 saturated carbocycles. The average Bonchev–Trinajstić information content (AvgIpc) is 1.41. The first-order valence-electron chi connectivity index (χ1n) is 0.979. The zero-order valence-electron chi connectivity index (χ0n) is 3.16. The van der Waals surface area contributed by atoms with E-state index in [2.05, 4.69) is 0 Å². The van der Waals surface area contributed by atoms with Crippen molar-refractivity contribution in [3.63, 3.8) is 0 Å². The van der Waals surface area contributed by atoms with Gasteiger partial charge in [-0.25, -0.2) is 0 Å². The van der Waals surface area contributed by atoms with Crippen molar-refractivity contribution >= 4 is 44.0 Å². The zero-order chi connectivity index (χ0) is 5.58. The molecule has 0 bridgehead atoms. The molecule has 0 aliphatic heterocycles. The third-order valence-electron chi connectivity index (χ3n) is 0. The summed E-state index contributed by atoms with van der Waals surface area (Å²) < 4.78 is 23.1. The normalized spacial score (nSPS) is 5.86. The van der Waals surface area contributed by atoms with Gasteiger partial charge in [0, 0.05) is 7.11 Å². The molecule has 0 amide bonds. The van der Waals surface area contributed by atoms with Crippen LogP contribution in [0.2, 0.25) is 0 Å². The Balaban J connectivity index is -0.0000000480. The molecule has 42 valence electrons. The molecule has 0 aliphatic rings. The van der Waals surface area contributed by atoms with Gasteiger partial charge in [0.1, 0.15) is 0 Å². The van der Waals surface area contributed by atoms with Gasteiger partial charge < -0.3 is 5.11 Å². The van der Waals surface area contributed by atoms with Gasteiger partial charge in [0.2, 0.25) is 0 Å². The molecule has 0 aliphatic carbocycles. The van der Waals surface area contributed by atoms with Gasteiger partial charge in [-0.05, 0) is 0 Å². The van der Waals surface area contributed by atoms with Gasteiger partial charge in [0.05, 0.1) is 0 Å². The molecule has 0 heterocycles. The second-order valence-corrected chi connectivity index (χ2v) is 1.20. The molecule has 0 fully saturated rings. The summed E-state index contributed by atoms with van der Waals surface area (Å²) in [7, 11) is 1.00. The van der Waals surface area contributed by atoms with Crippen LogP contribution in [-0.4, -0.2) is 64.6 Å². The fourth-order valence-corrected chi connectivity index (χ4v) is 0. The Bertz CT molecular complexity index is 34.7. The third kappa shape index (κ3) is 135. The summed E-state index contributed by atoms with van der Waals surface area (Å²) in [5.41, 5.74) is 0. The number of rotatable bonds is 0. The van der Waals surface area contributed by atoms with E-state index in [-0.39, 0.29) is 29.6 Å². The summed E-state index contributed by atoms with van der Waals surface area (Å²) in [6.07, 6.45) is 0. The first-order chi connectivity index (χ1) is 2.73. The predicted octanol–water partition coefficient (Wildman–Crippen LogP) is -2.65. The average molecular weight is 185 g/mol. The summed E-state index contributed by atoms with van der Waals surface area (Å²) in [5, 5.41) is 7.00. The first-order valence-corrected chi connectivity index (χ1v) is 3.21. The summed E-state index contributed by atoms with van der Waals surface area (Å²) in [6.45, 7) is 0. The molecular formula is CH7NaO4Se. The Kier molecular flexibility index (Phi) is 35.2. The van der Waals surface area contributed by atoms with E-state index in [9.17, 15) is 0 Å². The van der Waals surface area contributed by atoms with Gasteiger partial charge in [-0.15, -0.1) is 0 Å². The zero-order valence-corrected chi connectivity index (χ0v) is 4.87. The topological polar surface area (TPSA) is 77.8 Å². The monoisotopic (exact) mass is 186 g/mol. The Morgan fingerprint density at radius 2 is 1.29 bits per heavy atom. The molecule has 0 atom stereocenters. The minimum absolute atomic E-state index is 0. The third-order valence-corrected chi connectivity index (χ3v) is 0. The van der Waals surface area contributed by atoms with E-state index < -0.39 is 14.5 Å². The van der Waals surface area contributed by atoms with Crippen LogP contribution in [0.3, 0.4) is 0 Å². The van der Waals surface area contributed by atoms with Crippen molar-refractivity contribution in [3.8, 4) is 0 Å². The molecule has 0 aromatic heterocycles. The van der Waals surface area contributed by atoms with E-state index >= 15 is 0 Å². The SMILES string of the molecule is CO.O=[Se](O)O.[NaH]. The van der Waals surface area contributed by atoms with E-state index in [1.54, 1.807) is 0 Å². The Labute approximate surface area is 68.2 Å². The molecule has 6 heteroatoms. The van der Waals surface area contributed by atoms with Gasteiger partial charge in [-0.3, -0.25) is 0 Å². The van der Waals surface area contributed by atoms with Crippen molar-refractivity contribution < 1.29 is 17.3 Å². The quantitative estimate of drug-likeness (QED) is 0.360. The van der Waals surface area contributed by atoms with Crippen molar-refractivity contribution in [2.45, 2.75) is 0 Å². The Hall–Kier alpha value is 1.20. The van der Waals surface area contributed by atoms with E-state index in [1.165, 1.54) is 0 Å².